The van der Waals surface area contributed by atoms with Crippen LogP contribution in [0.2, 0.25) is 0 Å². The fourth-order valence-corrected chi connectivity index (χ4v) is 4.46. The molecule has 0 aromatic heterocycles. The van der Waals surface area contributed by atoms with E-state index in [0.717, 1.165) is 12.3 Å². The molecule has 0 unspecified atom stereocenters. The van der Waals surface area contributed by atoms with E-state index in [9.17, 15) is 8.42 Å². The van der Waals surface area contributed by atoms with Gasteiger partial charge in [0.1, 0.15) is 0 Å². The average Bonchev–Trinajstić information content (AvgIpc) is 2.00. The molecule has 0 radical (unpaired) electrons. The SMILES string of the molecule is CC1(C)[C@H]2CC[C@@H](CS(N)(=O)=O)[C@@H]1C2. The van der Waals surface area contributed by atoms with Crippen LogP contribution >= 0.6 is 0 Å². The number of sulfonamides is 1. The van der Waals surface area contributed by atoms with Crippen molar-refractivity contribution in [2.75, 3.05) is 5.75 Å². The standard InChI is InChI=1S/C10H19NO2S/c1-10(2)8-4-3-7(9(10)5-8)6-14(11,12)13/h7-9H,3-6H2,1-2H3,(H2,11,12,13)/t7-,8-,9-/m0/s1. The highest BCUT2D eigenvalue weighted by atomic mass is 32.2. The van der Waals surface area contributed by atoms with Crippen molar-refractivity contribution in [3.63, 3.8) is 0 Å². The van der Waals surface area contributed by atoms with Crippen LogP contribution in [0.3, 0.4) is 0 Å². The van der Waals surface area contributed by atoms with Gasteiger partial charge in [0.25, 0.3) is 0 Å². The summed E-state index contributed by atoms with van der Waals surface area (Å²) in [5.41, 5.74) is 0.355. The van der Waals surface area contributed by atoms with E-state index in [2.05, 4.69) is 13.8 Å². The van der Waals surface area contributed by atoms with Gasteiger partial charge in [0.2, 0.25) is 10.0 Å². The van der Waals surface area contributed by atoms with E-state index in [1.807, 2.05) is 0 Å². The summed E-state index contributed by atoms with van der Waals surface area (Å²) in [6.07, 6.45) is 3.45. The number of rotatable bonds is 2. The second kappa shape index (κ2) is 2.95. The van der Waals surface area contributed by atoms with Crippen LogP contribution in [-0.2, 0) is 10.0 Å². The molecule has 2 N–H and O–H groups in total. The second-order valence-electron chi connectivity index (χ2n) is 5.53. The van der Waals surface area contributed by atoms with Gasteiger partial charge in [-0.15, -0.1) is 0 Å². The largest absolute Gasteiger partial charge is 0.229 e. The lowest BCUT2D eigenvalue weighted by Gasteiger charge is -2.60. The number of nitrogens with two attached hydrogens (primary N) is 1. The van der Waals surface area contributed by atoms with Crippen molar-refractivity contribution in [3.8, 4) is 0 Å². The number of hydrogen-bond donors (Lipinski definition) is 1. The Bertz CT molecular complexity index is 332. The van der Waals surface area contributed by atoms with Gasteiger partial charge in [-0.05, 0) is 42.4 Å². The molecule has 3 rings (SSSR count). The quantitative estimate of drug-likeness (QED) is 0.759. The lowest BCUT2D eigenvalue weighted by Crippen LogP contribution is -2.54. The number of fused-ring (bicyclic) bond motifs is 2. The predicted molar refractivity (Wildman–Crippen MR) is 56.1 cm³/mol. The van der Waals surface area contributed by atoms with E-state index >= 15 is 0 Å². The second-order valence-corrected chi connectivity index (χ2v) is 7.19. The third-order valence-electron chi connectivity index (χ3n) is 4.45. The molecule has 2 bridgehead atoms. The molecule has 3 atom stereocenters. The first-order chi connectivity index (χ1) is 6.31. The van der Waals surface area contributed by atoms with E-state index in [0.29, 0.717) is 17.3 Å². The molecule has 0 heterocycles. The lowest BCUT2D eigenvalue weighted by atomic mass is 9.46. The van der Waals surface area contributed by atoms with Crippen LogP contribution in [0.25, 0.3) is 0 Å². The van der Waals surface area contributed by atoms with Crippen LogP contribution in [0.15, 0.2) is 0 Å². The van der Waals surface area contributed by atoms with Crippen molar-refractivity contribution in [3.05, 3.63) is 0 Å². The number of primary sulfonamides is 1. The molecule has 14 heavy (non-hydrogen) atoms. The third-order valence-corrected chi connectivity index (χ3v) is 5.34. The lowest BCUT2D eigenvalue weighted by molar-refractivity contribution is -0.0977. The molecule has 3 nitrogen and oxygen atoms in total. The van der Waals surface area contributed by atoms with Crippen LogP contribution in [0.5, 0.6) is 0 Å². The van der Waals surface area contributed by atoms with Gasteiger partial charge in [-0.25, -0.2) is 13.6 Å². The molecule has 0 aromatic rings. The Balaban J connectivity index is 2.08. The Kier molecular flexibility index (Phi) is 2.20. The Hall–Kier alpha value is -0.0900. The van der Waals surface area contributed by atoms with Crippen LogP contribution in [0.1, 0.15) is 33.1 Å². The highest BCUT2D eigenvalue weighted by molar-refractivity contribution is 7.89. The predicted octanol–water partition coefficient (Wildman–Crippen LogP) is 1.35. The zero-order valence-corrected chi connectivity index (χ0v) is 9.68. The Morgan fingerprint density at radius 3 is 2.43 bits per heavy atom. The molecule has 4 heteroatoms. The van der Waals surface area contributed by atoms with Gasteiger partial charge in [-0.3, -0.25) is 0 Å². The summed E-state index contributed by atoms with van der Waals surface area (Å²) in [6, 6.07) is 0. The topological polar surface area (TPSA) is 60.2 Å². The van der Waals surface area contributed by atoms with Gasteiger partial charge in [-0.2, -0.15) is 0 Å². The van der Waals surface area contributed by atoms with E-state index in [4.69, 9.17) is 5.14 Å². The minimum absolute atomic E-state index is 0.188. The molecule has 0 aromatic carbocycles. The van der Waals surface area contributed by atoms with Crippen LogP contribution in [0, 0.1) is 23.2 Å². The molecule has 0 spiro atoms. The summed E-state index contributed by atoms with van der Waals surface area (Å²) in [7, 11) is -3.28. The van der Waals surface area contributed by atoms with Crippen molar-refractivity contribution in [1.29, 1.82) is 0 Å². The molecule has 3 saturated carbocycles. The normalized spacial score (nSPS) is 40.4. The molecule has 3 fully saturated rings. The average molecular weight is 217 g/mol. The smallest absolute Gasteiger partial charge is 0.209 e. The zero-order valence-electron chi connectivity index (χ0n) is 8.86. The molecule has 82 valence electrons. The fourth-order valence-electron chi connectivity index (χ4n) is 3.46. The maximum Gasteiger partial charge on any atom is 0.209 e. The van der Waals surface area contributed by atoms with Crippen molar-refractivity contribution >= 4 is 10.0 Å². The van der Waals surface area contributed by atoms with Gasteiger partial charge in [0.05, 0.1) is 5.75 Å². The summed E-state index contributed by atoms with van der Waals surface area (Å²) in [5, 5.41) is 5.11. The van der Waals surface area contributed by atoms with Gasteiger partial charge in [-0.1, -0.05) is 13.8 Å². The summed E-state index contributed by atoms with van der Waals surface area (Å²) in [6.45, 7) is 4.53. The Morgan fingerprint density at radius 2 is 2.00 bits per heavy atom. The summed E-state index contributed by atoms with van der Waals surface area (Å²) >= 11 is 0. The number of hydrogen-bond acceptors (Lipinski definition) is 2. The van der Waals surface area contributed by atoms with Crippen LogP contribution in [-0.4, -0.2) is 14.2 Å². The first-order valence-electron chi connectivity index (χ1n) is 5.31. The minimum Gasteiger partial charge on any atom is -0.229 e. The van der Waals surface area contributed by atoms with Crippen LogP contribution in [0.4, 0.5) is 0 Å². The minimum atomic E-state index is -3.28. The first-order valence-corrected chi connectivity index (χ1v) is 7.03. The molecule has 3 aliphatic carbocycles. The van der Waals surface area contributed by atoms with E-state index < -0.39 is 10.0 Å². The van der Waals surface area contributed by atoms with Crippen molar-refractivity contribution < 1.29 is 8.42 Å². The maximum absolute atomic E-state index is 11.1. The summed E-state index contributed by atoms with van der Waals surface area (Å²) in [4.78, 5) is 0. The van der Waals surface area contributed by atoms with Crippen molar-refractivity contribution in [1.82, 2.24) is 0 Å². The van der Waals surface area contributed by atoms with Crippen molar-refractivity contribution in [2.45, 2.75) is 33.1 Å². The van der Waals surface area contributed by atoms with Gasteiger partial charge >= 0.3 is 0 Å². The molecular formula is C10H19NO2S. The molecule has 0 amide bonds. The van der Waals surface area contributed by atoms with Gasteiger partial charge in [0, 0.05) is 0 Å². The van der Waals surface area contributed by atoms with E-state index in [-0.39, 0.29) is 5.75 Å². The van der Waals surface area contributed by atoms with E-state index in [1.165, 1.54) is 12.8 Å². The molecule has 0 aliphatic heterocycles. The molecular weight excluding hydrogens is 198 g/mol. The fraction of sp³-hybridized carbons (Fsp3) is 1.00. The van der Waals surface area contributed by atoms with Gasteiger partial charge < -0.3 is 0 Å². The third kappa shape index (κ3) is 1.58. The maximum atomic E-state index is 11.1. The van der Waals surface area contributed by atoms with E-state index in [1.54, 1.807) is 0 Å². The molecule has 0 saturated heterocycles. The Labute approximate surface area is 86.1 Å². The van der Waals surface area contributed by atoms with Crippen molar-refractivity contribution in [2.24, 2.45) is 28.3 Å². The monoisotopic (exact) mass is 217 g/mol. The zero-order chi connectivity index (χ0) is 10.6. The summed E-state index contributed by atoms with van der Waals surface area (Å²) in [5.74, 6) is 1.90. The molecule has 3 aliphatic rings. The first kappa shape index (κ1) is 10.4. The summed E-state index contributed by atoms with van der Waals surface area (Å²) < 4.78 is 22.1. The highest BCUT2D eigenvalue weighted by Crippen LogP contribution is 2.61. The van der Waals surface area contributed by atoms with Gasteiger partial charge in [0.15, 0.2) is 0 Å². The highest BCUT2D eigenvalue weighted by Gasteiger charge is 2.54. The van der Waals surface area contributed by atoms with Crippen LogP contribution < -0.4 is 5.14 Å². The Morgan fingerprint density at radius 1 is 1.36 bits per heavy atom.